The lowest BCUT2D eigenvalue weighted by molar-refractivity contribution is -0.143. The van der Waals surface area contributed by atoms with Crippen molar-refractivity contribution in [3.05, 3.63) is 75.0 Å². The number of carbonyl (C=O) groups is 1. The molecule has 3 aromatic heterocycles. The van der Waals surface area contributed by atoms with Gasteiger partial charge in [-0.15, -0.1) is 21.5 Å². The minimum absolute atomic E-state index is 0.0820. The molecule has 1 aliphatic heterocycles. The number of thiophene rings is 1. The molecule has 1 aromatic carbocycles. The number of aryl methyl sites for hydroxylation is 2. The van der Waals surface area contributed by atoms with Gasteiger partial charge in [0.2, 0.25) is 0 Å². The summed E-state index contributed by atoms with van der Waals surface area (Å²) in [6.07, 6.45) is 3.27. The molecule has 0 radical (unpaired) electrons. The van der Waals surface area contributed by atoms with E-state index in [1.165, 1.54) is 11.1 Å². The van der Waals surface area contributed by atoms with Crippen LogP contribution < -0.4 is 0 Å². The molecule has 5 rings (SSSR count). The molecule has 0 amide bonds. The molecule has 8 nitrogen and oxygen atoms in total. The fraction of sp³-hybridized carbons (Fsp3) is 0.280. The molecule has 0 fully saturated rings. The molecule has 35 heavy (non-hydrogen) atoms. The number of carbonyl (C=O) groups excluding carboxylic acids is 1. The third kappa shape index (κ3) is 4.26. The van der Waals surface area contributed by atoms with Gasteiger partial charge in [-0.2, -0.15) is 0 Å². The van der Waals surface area contributed by atoms with Gasteiger partial charge in [-0.25, -0.2) is 4.98 Å². The molecule has 1 atom stereocenters. The molecule has 178 valence electrons. The van der Waals surface area contributed by atoms with E-state index in [2.05, 4.69) is 34.0 Å². The van der Waals surface area contributed by atoms with Gasteiger partial charge in [-0.3, -0.25) is 19.3 Å². The third-order valence-corrected chi connectivity index (χ3v) is 7.34. The van der Waals surface area contributed by atoms with Crippen molar-refractivity contribution in [2.24, 2.45) is 4.99 Å². The van der Waals surface area contributed by atoms with E-state index in [0.717, 1.165) is 38.8 Å². The summed E-state index contributed by atoms with van der Waals surface area (Å²) < 4.78 is 7.26. The number of nitrogens with zero attached hydrogens (tertiary/aromatic N) is 6. The molecular weight excluding hydrogens is 484 g/mol. The first-order valence-electron chi connectivity index (χ1n) is 11.2. The highest BCUT2D eigenvalue weighted by atomic mass is 35.5. The third-order valence-electron chi connectivity index (χ3n) is 5.96. The molecule has 0 N–H and O–H groups in total. The first-order valence-corrected chi connectivity index (χ1v) is 12.4. The summed E-state index contributed by atoms with van der Waals surface area (Å²) in [5.74, 6) is 1.07. The van der Waals surface area contributed by atoms with E-state index < -0.39 is 6.04 Å². The van der Waals surface area contributed by atoms with Crippen LogP contribution in [0, 0.1) is 20.8 Å². The molecule has 0 saturated heterocycles. The second kappa shape index (κ2) is 9.31. The average molecular weight is 507 g/mol. The van der Waals surface area contributed by atoms with Gasteiger partial charge < -0.3 is 4.74 Å². The summed E-state index contributed by atoms with van der Waals surface area (Å²) in [5, 5.41) is 10.1. The van der Waals surface area contributed by atoms with Crippen LogP contribution in [0.25, 0.3) is 16.3 Å². The fourth-order valence-corrected chi connectivity index (χ4v) is 5.54. The van der Waals surface area contributed by atoms with Crippen molar-refractivity contribution in [1.82, 2.24) is 24.7 Å². The first-order chi connectivity index (χ1) is 16.9. The predicted octanol–water partition coefficient (Wildman–Crippen LogP) is 5.21. The largest absolute Gasteiger partial charge is 0.466 e. The van der Waals surface area contributed by atoms with Gasteiger partial charge in [0.15, 0.2) is 5.82 Å². The van der Waals surface area contributed by atoms with Gasteiger partial charge in [-0.05, 0) is 33.3 Å². The Hall–Kier alpha value is -3.43. The van der Waals surface area contributed by atoms with Crippen LogP contribution in [-0.4, -0.2) is 43.0 Å². The Kier molecular flexibility index (Phi) is 6.21. The average Bonchev–Trinajstić information content (AvgIpc) is 3.31. The van der Waals surface area contributed by atoms with Crippen molar-refractivity contribution in [1.29, 1.82) is 0 Å². The predicted molar refractivity (Wildman–Crippen MR) is 136 cm³/mol. The molecule has 1 aliphatic rings. The summed E-state index contributed by atoms with van der Waals surface area (Å²) >= 11 is 7.70. The molecule has 4 heterocycles. The lowest BCUT2D eigenvalue weighted by Gasteiger charge is -2.12. The Labute approximate surface area is 211 Å². The van der Waals surface area contributed by atoms with E-state index in [0.29, 0.717) is 23.3 Å². The highest BCUT2D eigenvalue weighted by Crippen LogP contribution is 2.39. The Balaban J connectivity index is 1.66. The maximum atomic E-state index is 12.5. The number of hydrogen-bond donors (Lipinski definition) is 0. The van der Waals surface area contributed by atoms with Crippen LogP contribution in [-0.2, 0) is 9.53 Å². The number of ether oxygens (including phenoxy) is 1. The summed E-state index contributed by atoms with van der Waals surface area (Å²) in [7, 11) is 0. The van der Waals surface area contributed by atoms with Gasteiger partial charge in [0.05, 0.1) is 36.8 Å². The van der Waals surface area contributed by atoms with E-state index in [9.17, 15) is 4.79 Å². The van der Waals surface area contributed by atoms with Crippen LogP contribution in [0.15, 0.2) is 41.7 Å². The van der Waals surface area contributed by atoms with Gasteiger partial charge in [0.25, 0.3) is 0 Å². The van der Waals surface area contributed by atoms with E-state index >= 15 is 0 Å². The number of halogens is 1. The van der Waals surface area contributed by atoms with Crippen molar-refractivity contribution in [3.8, 4) is 16.3 Å². The number of rotatable bonds is 5. The molecular formula is C25H23ClN6O2S. The highest BCUT2D eigenvalue weighted by Gasteiger charge is 2.32. The van der Waals surface area contributed by atoms with Crippen molar-refractivity contribution in [2.75, 3.05) is 6.61 Å². The fourth-order valence-electron chi connectivity index (χ4n) is 4.18. The van der Waals surface area contributed by atoms with E-state index in [1.807, 2.05) is 35.8 Å². The molecule has 10 heteroatoms. The molecule has 0 bridgehead atoms. The summed E-state index contributed by atoms with van der Waals surface area (Å²) in [5.41, 5.74) is 5.49. The van der Waals surface area contributed by atoms with Crippen LogP contribution >= 0.6 is 22.9 Å². The Bertz CT molecular complexity index is 1460. The van der Waals surface area contributed by atoms with Gasteiger partial charge in [-0.1, -0.05) is 35.9 Å². The zero-order valence-electron chi connectivity index (χ0n) is 19.7. The van der Waals surface area contributed by atoms with Crippen LogP contribution in [0.4, 0.5) is 0 Å². The van der Waals surface area contributed by atoms with Gasteiger partial charge in [0, 0.05) is 21.6 Å². The lowest BCUT2D eigenvalue weighted by Crippen LogP contribution is -2.13. The molecule has 0 aliphatic carbocycles. The minimum atomic E-state index is -0.525. The van der Waals surface area contributed by atoms with E-state index in [4.69, 9.17) is 21.3 Å². The first kappa shape index (κ1) is 23.3. The topological polar surface area (TPSA) is 95.2 Å². The number of aromatic nitrogens is 5. The maximum absolute atomic E-state index is 12.5. The maximum Gasteiger partial charge on any atom is 0.308 e. The van der Waals surface area contributed by atoms with Gasteiger partial charge in [0.1, 0.15) is 22.0 Å². The number of hydrogen-bond acceptors (Lipinski definition) is 8. The molecule has 0 saturated carbocycles. The monoisotopic (exact) mass is 506 g/mol. The SMILES string of the molecule is CCOC(=O)C[C@@H]1N=C(c2ccc(-c3cncc(Cl)n3)cc2)c2c(sc(C)c2C)-n2c(C)nnc21. The highest BCUT2D eigenvalue weighted by molar-refractivity contribution is 7.15. The summed E-state index contributed by atoms with van der Waals surface area (Å²) in [4.78, 5) is 27.3. The summed E-state index contributed by atoms with van der Waals surface area (Å²) in [6.45, 7) is 8.22. The lowest BCUT2D eigenvalue weighted by atomic mass is 9.98. The van der Waals surface area contributed by atoms with Crippen LogP contribution in [0.1, 0.15) is 52.6 Å². The van der Waals surface area contributed by atoms with Crippen molar-refractivity contribution < 1.29 is 9.53 Å². The van der Waals surface area contributed by atoms with Crippen LogP contribution in [0.3, 0.4) is 0 Å². The summed E-state index contributed by atoms with van der Waals surface area (Å²) in [6, 6.07) is 7.44. The van der Waals surface area contributed by atoms with Crippen LogP contribution in [0.2, 0.25) is 5.15 Å². The molecule has 0 unspecified atom stereocenters. The normalized spacial score (nSPS) is 14.7. The number of esters is 1. The van der Waals surface area contributed by atoms with E-state index in [-0.39, 0.29) is 12.4 Å². The Morgan fingerprint density at radius 1 is 1.11 bits per heavy atom. The Morgan fingerprint density at radius 2 is 1.86 bits per heavy atom. The van der Waals surface area contributed by atoms with Gasteiger partial charge >= 0.3 is 5.97 Å². The standard InChI is InChI=1S/C25H23ClN6O2S/c1-5-34-21(33)10-18-24-31-30-15(4)32(24)25-22(13(2)14(3)35-25)23(29-18)17-8-6-16(7-9-17)19-11-27-12-20(26)28-19/h6-9,11-12,18H,5,10H2,1-4H3/t18-/m0/s1. The molecule has 4 aromatic rings. The van der Waals surface area contributed by atoms with E-state index in [1.54, 1.807) is 24.5 Å². The zero-order valence-corrected chi connectivity index (χ0v) is 21.3. The number of aliphatic imine (C=N–C) groups is 1. The Morgan fingerprint density at radius 3 is 2.57 bits per heavy atom. The number of fused-ring (bicyclic) bond motifs is 3. The quantitative estimate of drug-likeness (QED) is 0.345. The second-order valence-corrected chi connectivity index (χ2v) is 9.80. The second-order valence-electron chi connectivity index (χ2n) is 8.21. The molecule has 0 spiro atoms. The number of benzene rings is 1. The van der Waals surface area contributed by atoms with Crippen molar-refractivity contribution >= 4 is 34.6 Å². The zero-order chi connectivity index (χ0) is 24.7. The van der Waals surface area contributed by atoms with Crippen LogP contribution in [0.5, 0.6) is 0 Å². The smallest absolute Gasteiger partial charge is 0.308 e. The van der Waals surface area contributed by atoms with Crippen molar-refractivity contribution in [3.63, 3.8) is 0 Å². The minimum Gasteiger partial charge on any atom is -0.466 e. The van der Waals surface area contributed by atoms with Crippen molar-refractivity contribution in [2.45, 2.75) is 40.2 Å².